The lowest BCUT2D eigenvalue weighted by Gasteiger charge is -2.34. The third-order valence-corrected chi connectivity index (χ3v) is 4.77. The van der Waals surface area contributed by atoms with E-state index in [1.807, 2.05) is 30.3 Å². The number of nitrogens with zero attached hydrogens (tertiary/aromatic N) is 4. The van der Waals surface area contributed by atoms with Crippen molar-refractivity contribution in [2.24, 2.45) is 0 Å². The Kier molecular flexibility index (Phi) is 5.40. The number of benzene rings is 2. The maximum absolute atomic E-state index is 9.15. The molecule has 0 N–H and O–H groups in total. The molecule has 1 heterocycles. The lowest BCUT2D eigenvalue weighted by Crippen LogP contribution is -2.39. The molecule has 0 bridgehead atoms. The van der Waals surface area contributed by atoms with Crippen LogP contribution in [-0.2, 0) is 13.1 Å². The van der Waals surface area contributed by atoms with Gasteiger partial charge in [-0.1, -0.05) is 43.0 Å². The van der Waals surface area contributed by atoms with Gasteiger partial charge in [-0.05, 0) is 29.3 Å². The Labute approximate surface area is 155 Å². The fourth-order valence-corrected chi connectivity index (χ4v) is 3.24. The molecule has 132 valence electrons. The predicted molar refractivity (Wildman–Crippen MR) is 106 cm³/mol. The van der Waals surface area contributed by atoms with E-state index in [1.54, 1.807) is 0 Å². The van der Waals surface area contributed by atoms with Crippen LogP contribution in [0, 0.1) is 11.3 Å². The Balaban J connectivity index is 1.70. The number of hydrogen-bond acceptors (Lipinski definition) is 4. The van der Waals surface area contributed by atoms with Crippen LogP contribution in [0.3, 0.4) is 0 Å². The van der Waals surface area contributed by atoms with Gasteiger partial charge in [0.25, 0.3) is 0 Å². The van der Waals surface area contributed by atoms with Crippen LogP contribution in [0.25, 0.3) is 0 Å². The second-order valence-corrected chi connectivity index (χ2v) is 6.51. The highest BCUT2D eigenvalue weighted by molar-refractivity contribution is 5.52. The monoisotopic (exact) mass is 344 g/mol. The number of rotatable bonds is 7. The van der Waals surface area contributed by atoms with E-state index in [0.29, 0.717) is 18.7 Å². The molecular weight excluding hydrogens is 320 g/mol. The number of nitriles is 1. The molecule has 26 heavy (non-hydrogen) atoms. The smallest absolute Gasteiger partial charge is 0.0992 e. The molecule has 3 rings (SSSR count). The van der Waals surface area contributed by atoms with Gasteiger partial charge in [-0.2, -0.15) is 5.26 Å². The van der Waals surface area contributed by atoms with E-state index in [4.69, 9.17) is 5.26 Å². The maximum Gasteiger partial charge on any atom is 0.0992 e. The van der Waals surface area contributed by atoms with Crippen LogP contribution in [0.4, 0.5) is 5.69 Å². The molecule has 0 spiro atoms. The van der Waals surface area contributed by atoms with E-state index >= 15 is 0 Å². The molecule has 0 aromatic heterocycles. The van der Waals surface area contributed by atoms with E-state index in [2.05, 4.69) is 65.5 Å². The van der Waals surface area contributed by atoms with E-state index in [0.717, 1.165) is 24.5 Å². The SMILES string of the molecule is C=CCN(CC(=C)N(C)N1Cc2ccccc2C1)c1cccc(C#N)c1. The highest BCUT2D eigenvalue weighted by atomic mass is 15.6. The molecule has 1 aliphatic rings. The first-order chi connectivity index (χ1) is 12.6. The fourth-order valence-electron chi connectivity index (χ4n) is 3.24. The van der Waals surface area contributed by atoms with Gasteiger partial charge in [-0.25, -0.2) is 5.01 Å². The average molecular weight is 344 g/mol. The van der Waals surface area contributed by atoms with Gasteiger partial charge in [0.2, 0.25) is 0 Å². The molecule has 0 saturated heterocycles. The van der Waals surface area contributed by atoms with Crippen LogP contribution in [0.5, 0.6) is 0 Å². The lowest BCUT2D eigenvalue weighted by molar-refractivity contribution is 0.0283. The molecule has 0 saturated carbocycles. The first-order valence-corrected chi connectivity index (χ1v) is 8.71. The summed E-state index contributed by atoms with van der Waals surface area (Å²) in [5.41, 5.74) is 5.41. The summed E-state index contributed by atoms with van der Waals surface area (Å²) < 4.78 is 0. The zero-order chi connectivity index (χ0) is 18.5. The molecule has 0 aliphatic carbocycles. The average Bonchev–Trinajstić information content (AvgIpc) is 3.11. The van der Waals surface area contributed by atoms with Crippen molar-refractivity contribution < 1.29 is 0 Å². The molecular formula is C22H24N4. The predicted octanol–water partition coefficient (Wildman–Crippen LogP) is 3.93. The van der Waals surface area contributed by atoms with Gasteiger partial charge in [0.05, 0.1) is 18.2 Å². The summed E-state index contributed by atoms with van der Waals surface area (Å²) in [6, 6.07) is 18.4. The summed E-state index contributed by atoms with van der Waals surface area (Å²) in [6.45, 7) is 11.3. The number of likely N-dealkylation sites (N-methyl/N-ethyl adjacent to an activating group) is 1. The fraction of sp³-hybridized carbons (Fsp3) is 0.227. The molecule has 0 fully saturated rings. The van der Waals surface area contributed by atoms with Crippen molar-refractivity contribution in [3.8, 4) is 6.07 Å². The van der Waals surface area contributed by atoms with E-state index < -0.39 is 0 Å². The topological polar surface area (TPSA) is 33.5 Å². The van der Waals surface area contributed by atoms with Crippen molar-refractivity contribution in [1.82, 2.24) is 10.0 Å². The zero-order valence-corrected chi connectivity index (χ0v) is 15.2. The highest BCUT2D eigenvalue weighted by Crippen LogP contribution is 2.25. The van der Waals surface area contributed by atoms with Gasteiger partial charge in [-0.15, -0.1) is 6.58 Å². The molecule has 0 atom stereocenters. The van der Waals surface area contributed by atoms with Crippen LogP contribution in [0.15, 0.2) is 73.5 Å². The minimum Gasteiger partial charge on any atom is -0.362 e. The van der Waals surface area contributed by atoms with Crippen LogP contribution in [0.2, 0.25) is 0 Å². The summed E-state index contributed by atoms with van der Waals surface area (Å²) >= 11 is 0. The standard InChI is InChI=1S/C22H24N4/c1-4-12-25(22-11-7-8-19(13-22)14-23)15-18(2)24(3)26-16-20-9-5-6-10-21(20)17-26/h4-11,13H,1-2,12,15-17H2,3H3. The quantitative estimate of drug-likeness (QED) is 0.713. The van der Waals surface area contributed by atoms with Crippen molar-refractivity contribution in [3.63, 3.8) is 0 Å². The number of anilines is 1. The van der Waals surface area contributed by atoms with Crippen molar-refractivity contribution in [3.05, 3.63) is 90.2 Å². The Bertz CT molecular complexity index is 824. The van der Waals surface area contributed by atoms with Gasteiger partial charge in [0.1, 0.15) is 0 Å². The van der Waals surface area contributed by atoms with Crippen LogP contribution >= 0.6 is 0 Å². The maximum atomic E-state index is 9.15. The summed E-state index contributed by atoms with van der Waals surface area (Å²) in [5.74, 6) is 0. The summed E-state index contributed by atoms with van der Waals surface area (Å²) in [5, 5.41) is 13.6. The van der Waals surface area contributed by atoms with E-state index in [-0.39, 0.29) is 0 Å². The van der Waals surface area contributed by atoms with Crippen LogP contribution in [-0.4, -0.2) is 30.2 Å². The third-order valence-electron chi connectivity index (χ3n) is 4.77. The van der Waals surface area contributed by atoms with Gasteiger partial charge in [0.15, 0.2) is 0 Å². The van der Waals surface area contributed by atoms with Gasteiger partial charge in [-0.3, -0.25) is 0 Å². The Morgan fingerprint density at radius 1 is 1.19 bits per heavy atom. The molecule has 0 amide bonds. The molecule has 4 nitrogen and oxygen atoms in total. The largest absolute Gasteiger partial charge is 0.362 e. The molecule has 1 aliphatic heterocycles. The number of fused-ring (bicyclic) bond motifs is 1. The Morgan fingerprint density at radius 2 is 1.88 bits per heavy atom. The molecule has 2 aromatic carbocycles. The second-order valence-electron chi connectivity index (χ2n) is 6.51. The van der Waals surface area contributed by atoms with Crippen molar-refractivity contribution in [2.45, 2.75) is 13.1 Å². The molecule has 4 heteroatoms. The summed E-state index contributed by atoms with van der Waals surface area (Å²) in [4.78, 5) is 2.18. The molecule has 0 radical (unpaired) electrons. The van der Waals surface area contributed by atoms with Crippen molar-refractivity contribution >= 4 is 5.69 Å². The molecule has 2 aromatic rings. The minimum atomic E-state index is 0.658. The first-order valence-electron chi connectivity index (χ1n) is 8.71. The Morgan fingerprint density at radius 3 is 2.50 bits per heavy atom. The molecule has 0 unspecified atom stereocenters. The van der Waals surface area contributed by atoms with Crippen LogP contribution in [0.1, 0.15) is 16.7 Å². The third kappa shape index (κ3) is 3.79. The van der Waals surface area contributed by atoms with Gasteiger partial charge < -0.3 is 9.91 Å². The first kappa shape index (κ1) is 17.8. The van der Waals surface area contributed by atoms with Crippen molar-refractivity contribution in [1.29, 1.82) is 5.26 Å². The van der Waals surface area contributed by atoms with E-state index in [1.165, 1.54) is 11.1 Å². The van der Waals surface area contributed by atoms with Crippen molar-refractivity contribution in [2.75, 3.05) is 25.0 Å². The highest BCUT2D eigenvalue weighted by Gasteiger charge is 2.23. The van der Waals surface area contributed by atoms with Gasteiger partial charge >= 0.3 is 0 Å². The second kappa shape index (κ2) is 7.90. The van der Waals surface area contributed by atoms with Gasteiger partial charge in [0, 0.05) is 38.1 Å². The zero-order valence-electron chi connectivity index (χ0n) is 15.2. The normalized spacial score (nSPS) is 12.9. The lowest BCUT2D eigenvalue weighted by atomic mass is 10.1. The van der Waals surface area contributed by atoms with Crippen LogP contribution < -0.4 is 4.90 Å². The number of hydrogen-bond donors (Lipinski definition) is 0. The summed E-state index contributed by atoms with van der Waals surface area (Å²) in [6.07, 6.45) is 1.87. The number of hydrazine groups is 1. The Hall–Kier alpha value is -3.03. The minimum absolute atomic E-state index is 0.658. The summed E-state index contributed by atoms with van der Waals surface area (Å²) in [7, 11) is 2.06. The van der Waals surface area contributed by atoms with E-state index in [9.17, 15) is 0 Å².